The highest BCUT2D eigenvalue weighted by molar-refractivity contribution is 5.92. The van der Waals surface area contributed by atoms with E-state index in [0.29, 0.717) is 12.1 Å². The first-order chi connectivity index (χ1) is 8.61. The number of hydrogen-bond acceptors (Lipinski definition) is 3. The average Bonchev–Trinajstić information content (AvgIpc) is 2.82. The van der Waals surface area contributed by atoms with Crippen molar-refractivity contribution in [2.24, 2.45) is 11.5 Å². The van der Waals surface area contributed by atoms with Crippen molar-refractivity contribution in [3.05, 3.63) is 53.3 Å². The van der Waals surface area contributed by atoms with Gasteiger partial charge in [0.2, 0.25) is 0 Å². The van der Waals surface area contributed by atoms with E-state index in [1.54, 1.807) is 10.9 Å². The van der Waals surface area contributed by atoms with Crippen molar-refractivity contribution >= 4 is 5.91 Å². The first-order valence-electron chi connectivity index (χ1n) is 5.72. The highest BCUT2D eigenvalue weighted by Crippen LogP contribution is 2.17. The normalized spacial score (nSPS) is 12.3. The molecule has 0 saturated carbocycles. The molecule has 2 aromatic rings. The fraction of sp³-hybridized carbons (Fsp3) is 0.231. The summed E-state index contributed by atoms with van der Waals surface area (Å²) in [6.07, 6.45) is 3.08. The molecule has 94 valence electrons. The van der Waals surface area contributed by atoms with E-state index in [2.05, 4.69) is 5.10 Å². The smallest absolute Gasteiger partial charge is 0.251 e. The van der Waals surface area contributed by atoms with Crippen LogP contribution in [0.15, 0.2) is 36.7 Å². The third kappa shape index (κ3) is 2.41. The number of carbonyl (C=O) groups excluding carboxylic acids is 1. The standard InChI is InChI=1S/C13H16N4O/c1-9-2-4-10(5-3-9)12(6-14)17-8-11(7-16-17)13(15)18/h2-5,7-8,12H,6,14H2,1H3,(H2,15,18). The molecule has 0 fully saturated rings. The molecule has 0 aliphatic carbocycles. The zero-order chi connectivity index (χ0) is 13.1. The summed E-state index contributed by atoms with van der Waals surface area (Å²) in [6, 6.07) is 7.99. The zero-order valence-corrected chi connectivity index (χ0v) is 10.2. The van der Waals surface area contributed by atoms with E-state index in [0.717, 1.165) is 5.56 Å². The number of aromatic nitrogens is 2. The van der Waals surface area contributed by atoms with Crippen LogP contribution in [0.3, 0.4) is 0 Å². The molecule has 5 heteroatoms. The molecule has 1 amide bonds. The van der Waals surface area contributed by atoms with Crippen LogP contribution < -0.4 is 11.5 Å². The van der Waals surface area contributed by atoms with Gasteiger partial charge < -0.3 is 11.5 Å². The number of rotatable bonds is 4. The minimum Gasteiger partial charge on any atom is -0.366 e. The molecule has 1 aromatic carbocycles. The van der Waals surface area contributed by atoms with Crippen LogP contribution in [-0.4, -0.2) is 22.2 Å². The second-order valence-electron chi connectivity index (χ2n) is 4.24. The molecule has 4 N–H and O–H groups in total. The van der Waals surface area contributed by atoms with Gasteiger partial charge in [-0.2, -0.15) is 5.10 Å². The Morgan fingerprint density at radius 3 is 2.56 bits per heavy atom. The van der Waals surface area contributed by atoms with Crippen molar-refractivity contribution in [3.63, 3.8) is 0 Å². The number of primary amides is 1. The van der Waals surface area contributed by atoms with Crippen LogP contribution >= 0.6 is 0 Å². The van der Waals surface area contributed by atoms with E-state index in [-0.39, 0.29) is 6.04 Å². The lowest BCUT2D eigenvalue weighted by atomic mass is 10.1. The van der Waals surface area contributed by atoms with Gasteiger partial charge in [-0.3, -0.25) is 9.48 Å². The first kappa shape index (κ1) is 12.3. The Morgan fingerprint density at radius 1 is 1.39 bits per heavy atom. The lowest BCUT2D eigenvalue weighted by Gasteiger charge is -2.16. The Balaban J connectivity index is 2.32. The second-order valence-corrected chi connectivity index (χ2v) is 4.24. The van der Waals surface area contributed by atoms with Crippen molar-refractivity contribution in [2.75, 3.05) is 6.54 Å². The van der Waals surface area contributed by atoms with Gasteiger partial charge >= 0.3 is 0 Å². The number of nitrogens with two attached hydrogens (primary N) is 2. The molecule has 1 heterocycles. The molecular formula is C13H16N4O. The molecule has 0 radical (unpaired) electrons. The number of carbonyl (C=O) groups is 1. The SMILES string of the molecule is Cc1ccc(C(CN)n2cc(C(N)=O)cn2)cc1. The summed E-state index contributed by atoms with van der Waals surface area (Å²) in [6.45, 7) is 2.43. The summed E-state index contributed by atoms with van der Waals surface area (Å²) in [5.41, 5.74) is 13.6. The van der Waals surface area contributed by atoms with Gasteiger partial charge in [0.25, 0.3) is 5.91 Å². The summed E-state index contributed by atoms with van der Waals surface area (Å²) < 4.78 is 1.67. The third-order valence-corrected chi connectivity index (χ3v) is 2.89. The van der Waals surface area contributed by atoms with Crippen molar-refractivity contribution < 1.29 is 4.79 Å². The predicted molar refractivity (Wildman–Crippen MR) is 69.1 cm³/mol. The highest BCUT2D eigenvalue weighted by atomic mass is 16.1. The summed E-state index contributed by atoms with van der Waals surface area (Å²) in [5.74, 6) is -0.485. The topological polar surface area (TPSA) is 86.9 Å². The van der Waals surface area contributed by atoms with Gasteiger partial charge in [0.15, 0.2) is 0 Å². The lowest BCUT2D eigenvalue weighted by molar-refractivity contribution is 0.1000. The second kappa shape index (κ2) is 5.01. The fourth-order valence-corrected chi connectivity index (χ4v) is 1.82. The van der Waals surface area contributed by atoms with Gasteiger partial charge in [-0.05, 0) is 12.5 Å². The molecule has 1 aromatic heterocycles. The van der Waals surface area contributed by atoms with Gasteiger partial charge in [0, 0.05) is 12.7 Å². The van der Waals surface area contributed by atoms with Crippen LogP contribution in [-0.2, 0) is 0 Å². The van der Waals surface area contributed by atoms with E-state index in [9.17, 15) is 4.79 Å². The van der Waals surface area contributed by atoms with Crippen molar-refractivity contribution in [1.29, 1.82) is 0 Å². The Labute approximate surface area is 105 Å². The molecule has 5 nitrogen and oxygen atoms in total. The Bertz CT molecular complexity index is 544. The van der Waals surface area contributed by atoms with E-state index in [1.165, 1.54) is 11.8 Å². The van der Waals surface area contributed by atoms with E-state index in [1.807, 2.05) is 31.2 Å². The molecule has 0 saturated heterocycles. The minimum atomic E-state index is -0.485. The van der Waals surface area contributed by atoms with Crippen LogP contribution in [0.5, 0.6) is 0 Å². The maximum Gasteiger partial charge on any atom is 0.251 e. The molecule has 1 unspecified atom stereocenters. The van der Waals surface area contributed by atoms with E-state index >= 15 is 0 Å². The Kier molecular flexibility index (Phi) is 3.43. The summed E-state index contributed by atoms with van der Waals surface area (Å²) >= 11 is 0. The van der Waals surface area contributed by atoms with Gasteiger partial charge in [-0.25, -0.2) is 0 Å². The zero-order valence-electron chi connectivity index (χ0n) is 10.2. The number of nitrogens with zero attached hydrogens (tertiary/aromatic N) is 2. The van der Waals surface area contributed by atoms with Crippen LogP contribution in [0.1, 0.15) is 27.5 Å². The number of amides is 1. The fourth-order valence-electron chi connectivity index (χ4n) is 1.82. The Hall–Kier alpha value is -2.14. The maximum atomic E-state index is 11.0. The summed E-state index contributed by atoms with van der Waals surface area (Å²) in [4.78, 5) is 11.0. The van der Waals surface area contributed by atoms with Crippen LogP contribution in [0, 0.1) is 6.92 Å². The van der Waals surface area contributed by atoms with E-state index in [4.69, 9.17) is 11.5 Å². The van der Waals surface area contributed by atoms with Gasteiger partial charge in [0.1, 0.15) is 0 Å². The minimum absolute atomic E-state index is 0.0845. The van der Waals surface area contributed by atoms with Crippen LogP contribution in [0.25, 0.3) is 0 Å². The molecule has 2 rings (SSSR count). The molecule has 1 atom stereocenters. The third-order valence-electron chi connectivity index (χ3n) is 2.89. The molecule has 18 heavy (non-hydrogen) atoms. The molecule has 0 aliphatic rings. The highest BCUT2D eigenvalue weighted by Gasteiger charge is 2.14. The van der Waals surface area contributed by atoms with E-state index < -0.39 is 5.91 Å². The largest absolute Gasteiger partial charge is 0.366 e. The quantitative estimate of drug-likeness (QED) is 0.835. The Morgan fingerprint density at radius 2 is 2.06 bits per heavy atom. The molecule has 0 bridgehead atoms. The molecule has 0 aliphatic heterocycles. The van der Waals surface area contributed by atoms with Gasteiger partial charge in [-0.1, -0.05) is 29.8 Å². The lowest BCUT2D eigenvalue weighted by Crippen LogP contribution is -2.21. The maximum absolute atomic E-state index is 11.0. The first-order valence-corrected chi connectivity index (χ1v) is 5.72. The van der Waals surface area contributed by atoms with Gasteiger partial charge in [-0.15, -0.1) is 0 Å². The predicted octanol–water partition coefficient (Wildman–Crippen LogP) is 0.839. The molecule has 0 spiro atoms. The molecular weight excluding hydrogens is 228 g/mol. The summed E-state index contributed by atoms with van der Waals surface area (Å²) in [7, 11) is 0. The van der Waals surface area contributed by atoms with Crippen molar-refractivity contribution in [2.45, 2.75) is 13.0 Å². The average molecular weight is 244 g/mol. The van der Waals surface area contributed by atoms with Crippen molar-refractivity contribution in [3.8, 4) is 0 Å². The van der Waals surface area contributed by atoms with Gasteiger partial charge in [0.05, 0.1) is 17.8 Å². The monoisotopic (exact) mass is 244 g/mol. The van der Waals surface area contributed by atoms with Crippen LogP contribution in [0.4, 0.5) is 0 Å². The van der Waals surface area contributed by atoms with Crippen LogP contribution in [0.2, 0.25) is 0 Å². The summed E-state index contributed by atoms with van der Waals surface area (Å²) in [5, 5.41) is 4.14. The number of aryl methyl sites for hydroxylation is 1. The number of hydrogen-bond donors (Lipinski definition) is 2. The van der Waals surface area contributed by atoms with Crippen molar-refractivity contribution in [1.82, 2.24) is 9.78 Å². The number of benzene rings is 1.